The first kappa shape index (κ1) is 8.78. The normalized spacial score (nSPS) is 9.50. The molecule has 0 saturated heterocycles. The predicted molar refractivity (Wildman–Crippen MR) is 53.3 cm³/mol. The van der Waals surface area contributed by atoms with E-state index in [-0.39, 0.29) is 0 Å². The number of rotatable bonds is 3. The molecule has 0 aliphatic carbocycles. The molecule has 0 fully saturated rings. The third-order valence-electron chi connectivity index (χ3n) is 1.84. The van der Waals surface area contributed by atoms with E-state index in [1.807, 2.05) is 19.3 Å². The first-order chi connectivity index (χ1) is 5.81. The number of aromatic nitrogens is 1. The highest BCUT2D eigenvalue weighted by Gasteiger charge is 1.98. The quantitative estimate of drug-likeness (QED) is 0.737. The SMILES string of the molecule is C=Cc1cc(CC)cnc1NC. The Kier molecular flexibility index (Phi) is 2.86. The van der Waals surface area contributed by atoms with Crippen LogP contribution in [0.3, 0.4) is 0 Å². The van der Waals surface area contributed by atoms with Crippen LogP contribution in [0, 0.1) is 0 Å². The molecule has 0 unspecified atom stereocenters. The van der Waals surface area contributed by atoms with Gasteiger partial charge in [-0.05, 0) is 18.1 Å². The summed E-state index contributed by atoms with van der Waals surface area (Å²) in [6.07, 6.45) is 4.72. The van der Waals surface area contributed by atoms with Gasteiger partial charge in [0, 0.05) is 18.8 Å². The minimum Gasteiger partial charge on any atom is -0.373 e. The van der Waals surface area contributed by atoms with E-state index in [9.17, 15) is 0 Å². The minimum absolute atomic E-state index is 0.891. The second-order valence-corrected chi connectivity index (χ2v) is 2.59. The van der Waals surface area contributed by atoms with Crippen molar-refractivity contribution in [1.29, 1.82) is 0 Å². The van der Waals surface area contributed by atoms with Crippen LogP contribution in [0.5, 0.6) is 0 Å². The molecule has 1 N–H and O–H groups in total. The van der Waals surface area contributed by atoms with E-state index in [1.54, 1.807) is 0 Å². The lowest BCUT2D eigenvalue weighted by Crippen LogP contribution is -1.96. The van der Waals surface area contributed by atoms with Crippen LogP contribution in [-0.2, 0) is 6.42 Å². The summed E-state index contributed by atoms with van der Waals surface area (Å²) in [6.45, 7) is 5.85. The van der Waals surface area contributed by atoms with Crippen LogP contribution in [0.25, 0.3) is 6.08 Å². The number of hydrogen-bond acceptors (Lipinski definition) is 2. The van der Waals surface area contributed by atoms with Gasteiger partial charge in [0.05, 0.1) is 0 Å². The standard InChI is InChI=1S/C10H14N2/c1-4-8-6-9(5-2)10(11-3)12-7-8/h5-7H,2,4H2,1,3H3,(H,11,12). The molecule has 64 valence electrons. The van der Waals surface area contributed by atoms with E-state index in [0.29, 0.717) is 0 Å². The Balaban J connectivity index is 3.10. The second kappa shape index (κ2) is 3.90. The molecule has 0 aliphatic heterocycles. The lowest BCUT2D eigenvalue weighted by atomic mass is 10.1. The zero-order valence-electron chi connectivity index (χ0n) is 7.59. The highest BCUT2D eigenvalue weighted by Crippen LogP contribution is 2.14. The molecule has 1 aromatic rings. The van der Waals surface area contributed by atoms with Crippen molar-refractivity contribution >= 4 is 11.9 Å². The third-order valence-corrected chi connectivity index (χ3v) is 1.84. The van der Waals surface area contributed by atoms with Gasteiger partial charge in [0.2, 0.25) is 0 Å². The van der Waals surface area contributed by atoms with Crippen molar-refractivity contribution < 1.29 is 0 Å². The molecule has 1 rings (SSSR count). The van der Waals surface area contributed by atoms with Crippen molar-refractivity contribution in [1.82, 2.24) is 4.98 Å². The number of nitrogens with zero attached hydrogens (tertiary/aromatic N) is 1. The van der Waals surface area contributed by atoms with Crippen LogP contribution in [0.15, 0.2) is 18.8 Å². The van der Waals surface area contributed by atoms with Gasteiger partial charge >= 0.3 is 0 Å². The maximum absolute atomic E-state index is 4.26. The molecule has 0 spiro atoms. The van der Waals surface area contributed by atoms with Gasteiger partial charge in [-0.2, -0.15) is 0 Å². The fourth-order valence-electron chi connectivity index (χ4n) is 1.09. The van der Waals surface area contributed by atoms with Crippen LogP contribution >= 0.6 is 0 Å². The Hall–Kier alpha value is -1.31. The molecule has 0 aliphatic rings. The molecule has 0 bridgehead atoms. The van der Waals surface area contributed by atoms with Gasteiger partial charge in [0.25, 0.3) is 0 Å². The predicted octanol–water partition coefficient (Wildman–Crippen LogP) is 2.33. The van der Waals surface area contributed by atoms with E-state index in [0.717, 1.165) is 17.8 Å². The average Bonchev–Trinajstić information content (AvgIpc) is 2.16. The van der Waals surface area contributed by atoms with Crippen LogP contribution in [0.2, 0.25) is 0 Å². The zero-order chi connectivity index (χ0) is 8.97. The summed E-state index contributed by atoms with van der Waals surface area (Å²) < 4.78 is 0. The first-order valence-corrected chi connectivity index (χ1v) is 4.11. The molecule has 2 heteroatoms. The summed E-state index contributed by atoms with van der Waals surface area (Å²) in [5.74, 6) is 0.891. The van der Waals surface area contributed by atoms with Gasteiger partial charge < -0.3 is 5.32 Å². The Morgan fingerprint density at radius 3 is 2.92 bits per heavy atom. The molecule has 1 heterocycles. The Morgan fingerprint density at radius 2 is 2.42 bits per heavy atom. The Labute approximate surface area is 73.3 Å². The number of nitrogens with one attached hydrogen (secondary N) is 1. The fraction of sp³-hybridized carbons (Fsp3) is 0.300. The fourth-order valence-corrected chi connectivity index (χ4v) is 1.09. The summed E-state index contributed by atoms with van der Waals surface area (Å²) in [6, 6.07) is 2.10. The maximum atomic E-state index is 4.26. The van der Waals surface area contributed by atoms with Crippen LogP contribution < -0.4 is 5.32 Å². The van der Waals surface area contributed by atoms with Crippen molar-refractivity contribution in [2.75, 3.05) is 12.4 Å². The minimum atomic E-state index is 0.891. The van der Waals surface area contributed by atoms with Crippen LogP contribution in [-0.4, -0.2) is 12.0 Å². The molecular weight excluding hydrogens is 148 g/mol. The van der Waals surface area contributed by atoms with Gasteiger partial charge in [-0.3, -0.25) is 0 Å². The van der Waals surface area contributed by atoms with Gasteiger partial charge in [-0.25, -0.2) is 4.98 Å². The van der Waals surface area contributed by atoms with E-state index >= 15 is 0 Å². The van der Waals surface area contributed by atoms with E-state index in [1.165, 1.54) is 5.56 Å². The van der Waals surface area contributed by atoms with E-state index in [2.05, 4.69) is 29.9 Å². The molecule has 0 radical (unpaired) electrons. The topological polar surface area (TPSA) is 24.9 Å². The lowest BCUT2D eigenvalue weighted by Gasteiger charge is -2.05. The van der Waals surface area contributed by atoms with Crippen LogP contribution in [0.4, 0.5) is 5.82 Å². The summed E-state index contributed by atoms with van der Waals surface area (Å²) >= 11 is 0. The monoisotopic (exact) mass is 162 g/mol. The van der Waals surface area contributed by atoms with E-state index < -0.39 is 0 Å². The number of aryl methyl sites for hydroxylation is 1. The summed E-state index contributed by atoms with van der Waals surface area (Å²) in [4.78, 5) is 4.26. The van der Waals surface area contributed by atoms with Crippen molar-refractivity contribution in [2.45, 2.75) is 13.3 Å². The van der Waals surface area contributed by atoms with Crippen molar-refractivity contribution in [2.24, 2.45) is 0 Å². The largest absolute Gasteiger partial charge is 0.373 e. The molecule has 12 heavy (non-hydrogen) atoms. The van der Waals surface area contributed by atoms with Gasteiger partial charge in [0.15, 0.2) is 0 Å². The van der Waals surface area contributed by atoms with Gasteiger partial charge in [-0.15, -0.1) is 0 Å². The van der Waals surface area contributed by atoms with E-state index in [4.69, 9.17) is 0 Å². The maximum Gasteiger partial charge on any atom is 0.132 e. The number of pyridine rings is 1. The van der Waals surface area contributed by atoms with Gasteiger partial charge in [0.1, 0.15) is 5.82 Å². The van der Waals surface area contributed by atoms with Crippen molar-refractivity contribution in [3.63, 3.8) is 0 Å². The Bertz CT molecular complexity index is 279. The van der Waals surface area contributed by atoms with Crippen LogP contribution in [0.1, 0.15) is 18.1 Å². The molecule has 0 aromatic carbocycles. The molecular formula is C10H14N2. The number of hydrogen-bond donors (Lipinski definition) is 1. The lowest BCUT2D eigenvalue weighted by molar-refractivity contribution is 1.10. The van der Waals surface area contributed by atoms with Crippen molar-refractivity contribution in [3.8, 4) is 0 Å². The molecule has 0 atom stereocenters. The summed E-state index contributed by atoms with van der Waals surface area (Å²) in [5, 5.41) is 3.02. The third kappa shape index (κ3) is 1.64. The van der Waals surface area contributed by atoms with Gasteiger partial charge in [-0.1, -0.05) is 19.6 Å². The molecule has 2 nitrogen and oxygen atoms in total. The number of anilines is 1. The summed E-state index contributed by atoms with van der Waals surface area (Å²) in [5.41, 5.74) is 2.31. The second-order valence-electron chi connectivity index (χ2n) is 2.59. The first-order valence-electron chi connectivity index (χ1n) is 4.11. The molecule has 0 amide bonds. The zero-order valence-corrected chi connectivity index (χ0v) is 7.59. The molecule has 1 aromatic heterocycles. The summed E-state index contributed by atoms with van der Waals surface area (Å²) in [7, 11) is 1.86. The molecule has 0 saturated carbocycles. The highest BCUT2D eigenvalue weighted by molar-refractivity contribution is 5.62. The van der Waals surface area contributed by atoms with Crippen molar-refractivity contribution in [3.05, 3.63) is 30.0 Å². The highest BCUT2D eigenvalue weighted by atomic mass is 15.0. The Morgan fingerprint density at radius 1 is 1.67 bits per heavy atom. The average molecular weight is 162 g/mol. The smallest absolute Gasteiger partial charge is 0.132 e.